The van der Waals surface area contributed by atoms with E-state index in [1.165, 1.54) is 147 Å². The third kappa shape index (κ3) is 13.1. The summed E-state index contributed by atoms with van der Waals surface area (Å²) in [4.78, 5) is 0. The monoisotopic (exact) mass is 616 g/mol. The molecule has 0 aromatic heterocycles. The summed E-state index contributed by atoms with van der Waals surface area (Å²) < 4.78 is 0. The molecule has 0 bridgehead atoms. The highest BCUT2D eigenvalue weighted by atomic mass is 14.5. The lowest BCUT2D eigenvalue weighted by atomic mass is 9.96. The highest BCUT2D eigenvalue weighted by molar-refractivity contribution is 5.43. The van der Waals surface area contributed by atoms with Gasteiger partial charge in [-0.1, -0.05) is 138 Å². The van der Waals surface area contributed by atoms with Gasteiger partial charge in [-0.3, -0.25) is 0 Å². The molecule has 4 rings (SSSR count). The van der Waals surface area contributed by atoms with Gasteiger partial charge in [-0.2, -0.15) is 0 Å². The molecule has 0 saturated heterocycles. The van der Waals surface area contributed by atoms with Crippen LogP contribution < -0.4 is 11.5 Å². The van der Waals surface area contributed by atoms with Crippen LogP contribution in [0.15, 0.2) is 84.9 Å². The predicted octanol–water partition coefficient (Wildman–Crippen LogP) is 11.9. The van der Waals surface area contributed by atoms with E-state index in [4.69, 9.17) is 11.5 Å². The molecule has 0 aliphatic carbocycles. The van der Waals surface area contributed by atoms with Crippen molar-refractivity contribution in [3.8, 4) is 0 Å². The van der Waals surface area contributed by atoms with Gasteiger partial charge in [0.15, 0.2) is 0 Å². The zero-order valence-electron chi connectivity index (χ0n) is 29.0. The van der Waals surface area contributed by atoms with Gasteiger partial charge in [-0.05, 0) is 121 Å². The molecule has 0 aliphatic heterocycles. The van der Waals surface area contributed by atoms with Gasteiger partial charge in [0.05, 0.1) is 0 Å². The standard InChI is InChI=1S/C44H60N2/c1-35-31-37(19-25-41(35)33-39-21-27-43(45)28-22-39)17-15-13-11-9-7-5-3-4-6-8-10-12-14-16-18-38-20-26-42(36(2)32-38)34-40-23-29-44(46)30-24-40/h19-32H,3-18,33-34,45-46H2,1-2H3. The topological polar surface area (TPSA) is 52.0 Å². The van der Waals surface area contributed by atoms with Crippen molar-refractivity contribution in [2.45, 2.75) is 129 Å². The fourth-order valence-corrected chi connectivity index (χ4v) is 6.71. The van der Waals surface area contributed by atoms with Gasteiger partial charge in [-0.15, -0.1) is 0 Å². The van der Waals surface area contributed by atoms with Crippen molar-refractivity contribution in [2.24, 2.45) is 0 Å². The van der Waals surface area contributed by atoms with Crippen molar-refractivity contribution in [3.05, 3.63) is 129 Å². The summed E-state index contributed by atoms with van der Waals surface area (Å²) in [5, 5.41) is 0. The summed E-state index contributed by atoms with van der Waals surface area (Å²) in [6.07, 6.45) is 23.9. The molecule has 0 unspecified atom stereocenters. The van der Waals surface area contributed by atoms with E-state index in [1.807, 2.05) is 24.3 Å². The van der Waals surface area contributed by atoms with E-state index < -0.39 is 0 Å². The Bertz CT molecular complexity index is 1310. The number of unbranched alkanes of at least 4 members (excludes halogenated alkanes) is 13. The first-order valence-electron chi connectivity index (χ1n) is 18.3. The maximum atomic E-state index is 5.83. The number of nitrogen functional groups attached to an aromatic ring is 2. The summed E-state index contributed by atoms with van der Waals surface area (Å²) in [5.41, 5.74) is 24.6. The van der Waals surface area contributed by atoms with Crippen LogP contribution >= 0.6 is 0 Å². The van der Waals surface area contributed by atoms with E-state index in [1.54, 1.807) is 0 Å². The molecule has 4 N–H and O–H groups in total. The Labute approximate surface area is 281 Å². The number of nitrogens with two attached hydrogens (primary N) is 2. The third-order valence-electron chi connectivity index (χ3n) is 9.74. The van der Waals surface area contributed by atoms with Crippen molar-refractivity contribution in [2.75, 3.05) is 11.5 Å². The maximum Gasteiger partial charge on any atom is 0.0314 e. The van der Waals surface area contributed by atoms with Crippen molar-refractivity contribution in [1.29, 1.82) is 0 Å². The van der Waals surface area contributed by atoms with Crippen LogP contribution in [0, 0.1) is 13.8 Å². The van der Waals surface area contributed by atoms with Crippen LogP contribution in [0.5, 0.6) is 0 Å². The maximum absolute atomic E-state index is 5.83. The Morgan fingerprint density at radius 2 is 0.630 bits per heavy atom. The van der Waals surface area contributed by atoms with Crippen LogP contribution in [0.3, 0.4) is 0 Å². The number of rotatable bonds is 21. The molecule has 4 aromatic carbocycles. The molecule has 0 spiro atoms. The fourth-order valence-electron chi connectivity index (χ4n) is 6.71. The Balaban J connectivity index is 0.931. The van der Waals surface area contributed by atoms with Crippen LogP contribution in [-0.4, -0.2) is 0 Å². The van der Waals surface area contributed by atoms with Crippen LogP contribution in [0.1, 0.15) is 134 Å². The van der Waals surface area contributed by atoms with Gasteiger partial charge in [0, 0.05) is 11.4 Å². The van der Waals surface area contributed by atoms with Crippen LogP contribution in [0.4, 0.5) is 11.4 Å². The Hall–Kier alpha value is -3.52. The Morgan fingerprint density at radius 3 is 0.935 bits per heavy atom. The molecule has 2 heteroatoms. The van der Waals surface area contributed by atoms with Crippen LogP contribution in [0.25, 0.3) is 0 Å². The summed E-state index contributed by atoms with van der Waals surface area (Å²) in [5.74, 6) is 0. The molecule has 0 heterocycles. The van der Waals surface area contributed by atoms with E-state index in [0.717, 1.165) is 24.2 Å². The highest BCUT2D eigenvalue weighted by Gasteiger charge is 2.05. The normalized spacial score (nSPS) is 11.3. The highest BCUT2D eigenvalue weighted by Crippen LogP contribution is 2.21. The Morgan fingerprint density at radius 1 is 0.348 bits per heavy atom. The first kappa shape index (κ1) is 35.3. The van der Waals surface area contributed by atoms with E-state index in [2.05, 4.69) is 74.5 Å². The molecule has 0 atom stereocenters. The second kappa shape index (κ2) is 19.9. The second-order valence-electron chi connectivity index (χ2n) is 13.8. The molecular formula is C44H60N2. The quantitative estimate of drug-likeness (QED) is 0.0723. The lowest BCUT2D eigenvalue weighted by molar-refractivity contribution is 0.533. The summed E-state index contributed by atoms with van der Waals surface area (Å²) in [6, 6.07) is 30.7. The summed E-state index contributed by atoms with van der Waals surface area (Å²) >= 11 is 0. The fraction of sp³-hybridized carbons (Fsp3) is 0.455. The molecule has 0 aliphatic rings. The number of anilines is 2. The van der Waals surface area contributed by atoms with Gasteiger partial charge in [0.1, 0.15) is 0 Å². The van der Waals surface area contributed by atoms with Gasteiger partial charge < -0.3 is 11.5 Å². The average molecular weight is 617 g/mol. The van der Waals surface area contributed by atoms with Crippen LogP contribution in [0.2, 0.25) is 0 Å². The zero-order chi connectivity index (χ0) is 32.4. The summed E-state index contributed by atoms with van der Waals surface area (Å²) in [7, 11) is 0. The van der Waals surface area contributed by atoms with Gasteiger partial charge in [-0.25, -0.2) is 0 Å². The first-order chi connectivity index (χ1) is 22.5. The predicted molar refractivity (Wildman–Crippen MR) is 202 cm³/mol. The smallest absolute Gasteiger partial charge is 0.0314 e. The third-order valence-corrected chi connectivity index (χ3v) is 9.74. The molecule has 0 radical (unpaired) electrons. The molecule has 0 amide bonds. The minimum atomic E-state index is 0.833. The molecule has 2 nitrogen and oxygen atoms in total. The minimum Gasteiger partial charge on any atom is -0.399 e. The van der Waals surface area contributed by atoms with Crippen molar-refractivity contribution >= 4 is 11.4 Å². The Kier molecular flexibility index (Phi) is 15.3. The first-order valence-corrected chi connectivity index (χ1v) is 18.3. The van der Waals surface area contributed by atoms with Gasteiger partial charge in [0.25, 0.3) is 0 Å². The molecule has 0 saturated carbocycles. The van der Waals surface area contributed by atoms with Gasteiger partial charge in [0.2, 0.25) is 0 Å². The lowest BCUT2D eigenvalue weighted by Crippen LogP contribution is -1.95. The molecule has 46 heavy (non-hydrogen) atoms. The van der Waals surface area contributed by atoms with Crippen LogP contribution in [-0.2, 0) is 25.7 Å². The molecule has 4 aromatic rings. The van der Waals surface area contributed by atoms with Crippen molar-refractivity contribution in [3.63, 3.8) is 0 Å². The van der Waals surface area contributed by atoms with Gasteiger partial charge >= 0.3 is 0 Å². The molecule has 246 valence electrons. The number of benzene rings is 4. The van der Waals surface area contributed by atoms with Crippen molar-refractivity contribution in [1.82, 2.24) is 0 Å². The van der Waals surface area contributed by atoms with Crippen molar-refractivity contribution < 1.29 is 0 Å². The number of hydrogen-bond donors (Lipinski definition) is 2. The van der Waals surface area contributed by atoms with E-state index in [9.17, 15) is 0 Å². The van der Waals surface area contributed by atoms with E-state index in [-0.39, 0.29) is 0 Å². The largest absolute Gasteiger partial charge is 0.399 e. The molecular weight excluding hydrogens is 556 g/mol. The zero-order valence-corrected chi connectivity index (χ0v) is 29.0. The molecule has 0 fully saturated rings. The summed E-state index contributed by atoms with van der Waals surface area (Å²) in [6.45, 7) is 4.51. The second-order valence-corrected chi connectivity index (χ2v) is 13.8. The SMILES string of the molecule is Cc1cc(CCCCCCCCCCCCCCCCc2ccc(Cc3ccc(N)cc3)c(C)c2)ccc1Cc1ccc(N)cc1. The lowest BCUT2D eigenvalue weighted by Gasteiger charge is -2.10. The van der Waals surface area contributed by atoms with E-state index >= 15 is 0 Å². The average Bonchev–Trinajstić information content (AvgIpc) is 3.05. The number of aryl methyl sites for hydroxylation is 4. The minimum absolute atomic E-state index is 0.833. The number of hydrogen-bond acceptors (Lipinski definition) is 2. The van der Waals surface area contributed by atoms with E-state index in [0.29, 0.717) is 0 Å².